The molecule has 0 bridgehead atoms. The maximum atomic E-state index is 12.1. The van der Waals surface area contributed by atoms with E-state index in [4.69, 9.17) is 0 Å². The summed E-state index contributed by atoms with van der Waals surface area (Å²) in [6.45, 7) is 1.57. The smallest absolute Gasteiger partial charge is 0.406 e. The molecule has 1 fully saturated rings. The van der Waals surface area contributed by atoms with Gasteiger partial charge in [-0.15, -0.1) is 13.2 Å². The van der Waals surface area contributed by atoms with Crippen molar-refractivity contribution in [2.24, 2.45) is 0 Å². The lowest BCUT2D eigenvalue weighted by molar-refractivity contribution is -0.274. The van der Waals surface area contributed by atoms with Gasteiger partial charge in [0.25, 0.3) is 0 Å². The highest BCUT2D eigenvalue weighted by Gasteiger charge is 2.31. The molecule has 0 saturated carbocycles. The Bertz CT molecular complexity index is 372. The van der Waals surface area contributed by atoms with Crippen molar-refractivity contribution in [1.82, 2.24) is 5.32 Å². The third kappa shape index (κ3) is 3.63. The van der Waals surface area contributed by atoms with Crippen LogP contribution in [0.2, 0.25) is 0 Å². The molecule has 0 amide bonds. The molecule has 1 aliphatic rings. The van der Waals surface area contributed by atoms with Crippen LogP contribution in [0.15, 0.2) is 24.3 Å². The van der Waals surface area contributed by atoms with Gasteiger partial charge in [-0.3, -0.25) is 0 Å². The summed E-state index contributed by atoms with van der Waals surface area (Å²) in [5, 5.41) is 4.22. The molecule has 93 valence electrons. The lowest BCUT2D eigenvalue weighted by Crippen LogP contribution is -2.21. The van der Waals surface area contributed by atoms with Crippen LogP contribution in [-0.4, -0.2) is 19.5 Å². The Kier molecular flexibility index (Phi) is 3.57. The zero-order chi connectivity index (χ0) is 12.3. The van der Waals surface area contributed by atoms with Crippen molar-refractivity contribution in [2.45, 2.75) is 25.1 Å². The maximum absolute atomic E-state index is 12.1. The summed E-state index contributed by atoms with van der Waals surface area (Å²) in [5.41, 5.74) is 0.904. The highest BCUT2D eigenvalue weighted by Crippen LogP contribution is 2.30. The van der Waals surface area contributed by atoms with Gasteiger partial charge in [0.2, 0.25) is 0 Å². The third-order valence-corrected chi connectivity index (χ3v) is 2.83. The summed E-state index contributed by atoms with van der Waals surface area (Å²) in [5.74, 6) is 0.154. The standard InChI is InChI=1S/C12H13F3NO/c13-12(14,15)17-11-3-1-2-10(8-11)9-4-6-16-7-5-9/h1-3,8-9H,4-7H2. The van der Waals surface area contributed by atoms with Gasteiger partial charge in [0.15, 0.2) is 0 Å². The van der Waals surface area contributed by atoms with E-state index in [2.05, 4.69) is 10.1 Å². The van der Waals surface area contributed by atoms with Crippen LogP contribution in [0, 0.1) is 0 Å². The van der Waals surface area contributed by atoms with E-state index in [-0.39, 0.29) is 5.75 Å². The topological polar surface area (TPSA) is 23.3 Å². The Morgan fingerprint density at radius 2 is 1.88 bits per heavy atom. The second-order valence-corrected chi connectivity index (χ2v) is 4.07. The number of halogens is 3. The largest absolute Gasteiger partial charge is 0.573 e. The predicted molar refractivity (Wildman–Crippen MR) is 57.0 cm³/mol. The van der Waals surface area contributed by atoms with Crippen LogP contribution >= 0.6 is 0 Å². The molecule has 0 spiro atoms. The number of hydrogen-bond acceptors (Lipinski definition) is 1. The molecule has 1 saturated heterocycles. The highest BCUT2D eigenvalue weighted by atomic mass is 19.4. The summed E-state index contributed by atoms with van der Waals surface area (Å²) in [6, 6.07) is 6.25. The molecule has 0 N–H and O–H groups in total. The van der Waals surface area contributed by atoms with Crippen LogP contribution in [0.3, 0.4) is 0 Å². The van der Waals surface area contributed by atoms with Gasteiger partial charge < -0.3 is 4.74 Å². The van der Waals surface area contributed by atoms with E-state index < -0.39 is 6.36 Å². The average Bonchev–Trinajstić information content (AvgIpc) is 2.28. The number of piperidine rings is 1. The molecule has 0 atom stereocenters. The molecule has 0 unspecified atom stereocenters. The summed E-state index contributed by atoms with van der Waals surface area (Å²) >= 11 is 0. The van der Waals surface area contributed by atoms with E-state index in [9.17, 15) is 13.2 Å². The van der Waals surface area contributed by atoms with Crippen molar-refractivity contribution in [3.8, 4) is 5.75 Å². The summed E-state index contributed by atoms with van der Waals surface area (Å²) < 4.78 is 40.1. The normalized spacial score (nSPS) is 18.1. The summed E-state index contributed by atoms with van der Waals surface area (Å²) in [4.78, 5) is 0. The molecule has 1 aromatic carbocycles. The summed E-state index contributed by atoms with van der Waals surface area (Å²) in [7, 11) is 0. The number of nitrogens with zero attached hydrogens (tertiary/aromatic N) is 1. The van der Waals surface area contributed by atoms with Gasteiger partial charge in [0.1, 0.15) is 5.75 Å². The Balaban J connectivity index is 2.10. The van der Waals surface area contributed by atoms with Crippen LogP contribution in [0.1, 0.15) is 24.3 Å². The first-order valence-electron chi connectivity index (χ1n) is 5.53. The second kappa shape index (κ2) is 4.96. The van der Waals surface area contributed by atoms with Crippen molar-refractivity contribution < 1.29 is 17.9 Å². The molecule has 0 aliphatic carbocycles. The minimum absolute atomic E-state index is 0.141. The van der Waals surface area contributed by atoms with Crippen LogP contribution in [0.5, 0.6) is 5.75 Å². The molecule has 17 heavy (non-hydrogen) atoms. The maximum Gasteiger partial charge on any atom is 0.573 e. The Morgan fingerprint density at radius 1 is 1.18 bits per heavy atom. The lowest BCUT2D eigenvalue weighted by atomic mass is 9.90. The van der Waals surface area contributed by atoms with Gasteiger partial charge >= 0.3 is 6.36 Å². The van der Waals surface area contributed by atoms with Crippen LogP contribution in [0.4, 0.5) is 13.2 Å². The van der Waals surface area contributed by atoms with E-state index in [1.807, 2.05) is 6.07 Å². The third-order valence-electron chi connectivity index (χ3n) is 2.83. The molecule has 1 aromatic rings. The number of hydrogen-bond donors (Lipinski definition) is 0. The zero-order valence-electron chi connectivity index (χ0n) is 9.20. The van der Waals surface area contributed by atoms with Gasteiger partial charge in [-0.25, -0.2) is 5.32 Å². The number of ether oxygens (including phenoxy) is 1. The minimum Gasteiger partial charge on any atom is -0.406 e. The van der Waals surface area contributed by atoms with Gasteiger partial charge in [-0.2, -0.15) is 0 Å². The van der Waals surface area contributed by atoms with Crippen LogP contribution in [-0.2, 0) is 0 Å². The number of benzene rings is 1. The van der Waals surface area contributed by atoms with Gasteiger partial charge in [0.05, 0.1) is 0 Å². The quantitative estimate of drug-likeness (QED) is 0.784. The zero-order valence-corrected chi connectivity index (χ0v) is 9.20. The molecule has 5 heteroatoms. The van der Waals surface area contributed by atoms with Gasteiger partial charge in [-0.1, -0.05) is 12.1 Å². The SMILES string of the molecule is FC(F)(F)Oc1cccc(C2CC[N]CC2)c1. The fourth-order valence-electron chi connectivity index (χ4n) is 2.05. The molecule has 1 heterocycles. The minimum atomic E-state index is -4.62. The van der Waals surface area contributed by atoms with Crippen LogP contribution < -0.4 is 10.1 Å². The summed E-state index contributed by atoms with van der Waals surface area (Å²) in [6.07, 6.45) is -2.83. The Hall–Kier alpha value is -1.23. The first kappa shape index (κ1) is 12.2. The predicted octanol–water partition coefficient (Wildman–Crippen LogP) is 3.07. The van der Waals surface area contributed by atoms with Gasteiger partial charge in [-0.05, 0) is 36.5 Å². The van der Waals surface area contributed by atoms with Crippen molar-refractivity contribution in [3.63, 3.8) is 0 Å². The second-order valence-electron chi connectivity index (χ2n) is 4.07. The Labute approximate surface area is 97.8 Å². The van der Waals surface area contributed by atoms with Crippen molar-refractivity contribution in [1.29, 1.82) is 0 Å². The van der Waals surface area contributed by atoms with Gasteiger partial charge in [0, 0.05) is 13.1 Å². The molecule has 0 aromatic heterocycles. The Morgan fingerprint density at radius 3 is 2.53 bits per heavy atom. The lowest BCUT2D eigenvalue weighted by Gasteiger charge is -2.22. The van der Waals surface area contributed by atoms with Crippen molar-refractivity contribution >= 4 is 0 Å². The number of alkyl halides is 3. The molecular formula is C12H13F3NO. The van der Waals surface area contributed by atoms with E-state index >= 15 is 0 Å². The van der Waals surface area contributed by atoms with Crippen molar-refractivity contribution in [3.05, 3.63) is 29.8 Å². The highest BCUT2D eigenvalue weighted by molar-refractivity contribution is 5.31. The van der Waals surface area contributed by atoms with E-state index in [1.54, 1.807) is 6.07 Å². The molecular weight excluding hydrogens is 231 g/mol. The van der Waals surface area contributed by atoms with E-state index in [0.717, 1.165) is 31.5 Å². The van der Waals surface area contributed by atoms with E-state index in [0.29, 0.717) is 5.92 Å². The van der Waals surface area contributed by atoms with E-state index in [1.165, 1.54) is 12.1 Å². The first-order chi connectivity index (χ1) is 8.04. The fourth-order valence-corrected chi connectivity index (χ4v) is 2.05. The fraction of sp³-hybridized carbons (Fsp3) is 0.500. The molecule has 2 nitrogen and oxygen atoms in total. The average molecular weight is 244 g/mol. The molecule has 2 rings (SSSR count). The molecule has 1 radical (unpaired) electrons. The monoisotopic (exact) mass is 244 g/mol. The molecule has 1 aliphatic heterocycles. The van der Waals surface area contributed by atoms with Crippen LogP contribution in [0.25, 0.3) is 0 Å². The van der Waals surface area contributed by atoms with Crippen molar-refractivity contribution in [2.75, 3.05) is 13.1 Å². The number of rotatable bonds is 2. The first-order valence-corrected chi connectivity index (χ1v) is 5.53.